The van der Waals surface area contributed by atoms with Crippen LogP contribution < -0.4 is 5.32 Å². The zero-order valence-corrected chi connectivity index (χ0v) is 13.2. The van der Waals surface area contributed by atoms with Gasteiger partial charge in [-0.15, -0.1) is 0 Å². The minimum atomic E-state index is -0.179. The number of H-pyrrole nitrogens is 1. The van der Waals surface area contributed by atoms with E-state index in [-0.39, 0.29) is 5.91 Å². The molecule has 5 heteroatoms. The number of nitrogens with zero attached hydrogens (tertiary/aromatic N) is 2. The SMILES string of the molecule is Cn1nc(-c2ccccc2)cc1C(=O)Nc1ccc2[nH]ccc2c1. The first-order valence-electron chi connectivity index (χ1n) is 7.69. The van der Waals surface area contributed by atoms with Gasteiger partial charge in [-0.3, -0.25) is 9.48 Å². The van der Waals surface area contributed by atoms with Gasteiger partial charge in [-0.1, -0.05) is 30.3 Å². The Morgan fingerprint density at radius 3 is 2.75 bits per heavy atom. The maximum Gasteiger partial charge on any atom is 0.273 e. The number of aryl methyl sites for hydroxylation is 1. The van der Waals surface area contributed by atoms with Gasteiger partial charge in [0.1, 0.15) is 5.69 Å². The lowest BCUT2D eigenvalue weighted by Gasteiger charge is -2.05. The second-order valence-electron chi connectivity index (χ2n) is 5.64. The van der Waals surface area contributed by atoms with Gasteiger partial charge in [0.25, 0.3) is 5.91 Å². The van der Waals surface area contributed by atoms with Gasteiger partial charge < -0.3 is 10.3 Å². The van der Waals surface area contributed by atoms with E-state index >= 15 is 0 Å². The van der Waals surface area contributed by atoms with Crippen LogP contribution in [0.25, 0.3) is 22.2 Å². The van der Waals surface area contributed by atoms with Crippen molar-refractivity contribution >= 4 is 22.5 Å². The summed E-state index contributed by atoms with van der Waals surface area (Å²) < 4.78 is 1.60. The van der Waals surface area contributed by atoms with Crippen LogP contribution >= 0.6 is 0 Å². The molecule has 0 atom stereocenters. The Hall–Kier alpha value is -3.34. The number of carbonyl (C=O) groups is 1. The molecule has 2 N–H and O–H groups in total. The molecule has 0 unspecified atom stereocenters. The van der Waals surface area contributed by atoms with E-state index in [1.807, 2.05) is 60.8 Å². The second-order valence-corrected chi connectivity index (χ2v) is 5.64. The molecule has 0 radical (unpaired) electrons. The third-order valence-electron chi connectivity index (χ3n) is 3.99. The molecule has 4 aromatic rings. The summed E-state index contributed by atoms with van der Waals surface area (Å²) in [5.74, 6) is -0.179. The first kappa shape index (κ1) is 14.3. The Kier molecular flexibility index (Phi) is 3.39. The minimum absolute atomic E-state index is 0.179. The van der Waals surface area contributed by atoms with Crippen LogP contribution in [-0.4, -0.2) is 20.7 Å². The van der Waals surface area contributed by atoms with Gasteiger partial charge in [0.05, 0.1) is 5.69 Å². The van der Waals surface area contributed by atoms with Crippen LogP contribution in [0.1, 0.15) is 10.5 Å². The molecule has 118 valence electrons. The van der Waals surface area contributed by atoms with Crippen molar-refractivity contribution in [2.75, 3.05) is 5.32 Å². The Morgan fingerprint density at radius 2 is 1.92 bits per heavy atom. The number of fused-ring (bicyclic) bond motifs is 1. The number of amides is 1. The normalized spacial score (nSPS) is 10.9. The van der Waals surface area contributed by atoms with Gasteiger partial charge in [0.15, 0.2) is 0 Å². The Labute approximate surface area is 138 Å². The Morgan fingerprint density at radius 1 is 1.08 bits per heavy atom. The van der Waals surface area contributed by atoms with Gasteiger partial charge in [-0.05, 0) is 30.3 Å². The lowest BCUT2D eigenvalue weighted by molar-refractivity contribution is 0.101. The zero-order chi connectivity index (χ0) is 16.5. The number of nitrogens with one attached hydrogen (secondary N) is 2. The van der Waals surface area contributed by atoms with Crippen molar-refractivity contribution in [2.24, 2.45) is 7.05 Å². The van der Waals surface area contributed by atoms with Crippen LogP contribution in [0.5, 0.6) is 0 Å². The fourth-order valence-electron chi connectivity index (χ4n) is 2.76. The second kappa shape index (κ2) is 5.70. The van der Waals surface area contributed by atoms with Crippen molar-refractivity contribution in [1.82, 2.24) is 14.8 Å². The number of aromatic amines is 1. The first-order valence-corrected chi connectivity index (χ1v) is 7.69. The van der Waals surface area contributed by atoms with Gasteiger partial charge in [0, 0.05) is 35.4 Å². The van der Waals surface area contributed by atoms with Gasteiger partial charge in [0.2, 0.25) is 0 Å². The fourth-order valence-corrected chi connectivity index (χ4v) is 2.76. The Balaban J connectivity index is 1.61. The summed E-state index contributed by atoms with van der Waals surface area (Å²) in [5.41, 5.74) is 4.09. The molecular weight excluding hydrogens is 300 g/mol. The van der Waals surface area contributed by atoms with E-state index in [0.717, 1.165) is 27.8 Å². The van der Waals surface area contributed by atoms with Crippen LogP contribution in [0.3, 0.4) is 0 Å². The average molecular weight is 316 g/mol. The molecule has 0 fully saturated rings. The molecule has 2 heterocycles. The summed E-state index contributed by atoms with van der Waals surface area (Å²) in [5, 5.41) is 8.43. The van der Waals surface area contributed by atoms with Crippen LogP contribution in [0, 0.1) is 0 Å². The Bertz CT molecular complexity index is 1010. The first-order chi connectivity index (χ1) is 11.7. The van der Waals surface area contributed by atoms with E-state index in [0.29, 0.717) is 5.69 Å². The van der Waals surface area contributed by atoms with Crippen molar-refractivity contribution in [1.29, 1.82) is 0 Å². The van der Waals surface area contributed by atoms with E-state index in [1.54, 1.807) is 17.8 Å². The largest absolute Gasteiger partial charge is 0.361 e. The van der Waals surface area contributed by atoms with Crippen LogP contribution in [0.4, 0.5) is 5.69 Å². The molecule has 0 aliphatic heterocycles. The van der Waals surface area contributed by atoms with E-state index in [1.165, 1.54) is 0 Å². The number of anilines is 1. The van der Waals surface area contributed by atoms with Crippen molar-refractivity contribution in [3.63, 3.8) is 0 Å². The van der Waals surface area contributed by atoms with Crippen LogP contribution in [0.15, 0.2) is 66.9 Å². The number of hydrogen-bond acceptors (Lipinski definition) is 2. The molecule has 2 aromatic carbocycles. The molecule has 0 bridgehead atoms. The zero-order valence-electron chi connectivity index (χ0n) is 13.2. The van der Waals surface area contributed by atoms with E-state index in [2.05, 4.69) is 15.4 Å². The lowest BCUT2D eigenvalue weighted by Crippen LogP contribution is -2.15. The highest BCUT2D eigenvalue weighted by atomic mass is 16.2. The number of benzene rings is 2. The predicted molar refractivity (Wildman–Crippen MR) is 94.9 cm³/mol. The third kappa shape index (κ3) is 2.56. The van der Waals surface area contributed by atoms with Crippen molar-refractivity contribution in [2.45, 2.75) is 0 Å². The molecule has 0 saturated carbocycles. The quantitative estimate of drug-likeness (QED) is 0.603. The minimum Gasteiger partial charge on any atom is -0.361 e. The summed E-state index contributed by atoms with van der Waals surface area (Å²) in [4.78, 5) is 15.7. The number of carbonyl (C=O) groups excluding carboxylic acids is 1. The van der Waals surface area contributed by atoms with E-state index < -0.39 is 0 Å². The molecule has 2 aromatic heterocycles. The summed E-state index contributed by atoms with van der Waals surface area (Å²) in [7, 11) is 1.77. The maximum atomic E-state index is 12.6. The topological polar surface area (TPSA) is 62.7 Å². The van der Waals surface area contributed by atoms with E-state index in [9.17, 15) is 4.79 Å². The summed E-state index contributed by atoms with van der Waals surface area (Å²) in [6, 6.07) is 19.4. The average Bonchev–Trinajstić information content (AvgIpc) is 3.21. The van der Waals surface area contributed by atoms with Gasteiger partial charge in [-0.2, -0.15) is 5.10 Å². The molecular formula is C19H16N4O. The third-order valence-corrected chi connectivity index (χ3v) is 3.99. The number of aromatic nitrogens is 3. The summed E-state index contributed by atoms with van der Waals surface area (Å²) in [6.45, 7) is 0. The molecule has 5 nitrogen and oxygen atoms in total. The molecule has 0 aliphatic carbocycles. The highest BCUT2D eigenvalue weighted by molar-refractivity contribution is 6.04. The van der Waals surface area contributed by atoms with Gasteiger partial charge >= 0.3 is 0 Å². The standard InChI is InChI=1S/C19H16N4O/c1-23-18(12-17(22-23)13-5-3-2-4-6-13)19(24)21-15-7-8-16-14(11-15)9-10-20-16/h2-12,20H,1H3,(H,21,24). The molecule has 1 amide bonds. The van der Waals surface area contributed by atoms with E-state index in [4.69, 9.17) is 0 Å². The highest BCUT2D eigenvalue weighted by Gasteiger charge is 2.14. The molecule has 0 saturated heterocycles. The maximum absolute atomic E-state index is 12.6. The number of rotatable bonds is 3. The fraction of sp³-hybridized carbons (Fsp3) is 0.0526. The molecule has 4 rings (SSSR count). The number of hydrogen-bond donors (Lipinski definition) is 2. The van der Waals surface area contributed by atoms with Gasteiger partial charge in [-0.25, -0.2) is 0 Å². The molecule has 0 aliphatic rings. The van der Waals surface area contributed by atoms with Crippen LogP contribution in [0.2, 0.25) is 0 Å². The van der Waals surface area contributed by atoms with Crippen LogP contribution in [-0.2, 0) is 7.05 Å². The van der Waals surface area contributed by atoms with Crippen molar-refractivity contribution in [3.8, 4) is 11.3 Å². The highest BCUT2D eigenvalue weighted by Crippen LogP contribution is 2.21. The van der Waals surface area contributed by atoms with Crippen molar-refractivity contribution < 1.29 is 4.79 Å². The van der Waals surface area contributed by atoms with Crippen molar-refractivity contribution in [3.05, 3.63) is 72.6 Å². The summed E-state index contributed by atoms with van der Waals surface area (Å²) >= 11 is 0. The molecule has 24 heavy (non-hydrogen) atoms. The summed E-state index contributed by atoms with van der Waals surface area (Å²) in [6.07, 6.45) is 1.88. The smallest absolute Gasteiger partial charge is 0.273 e. The monoisotopic (exact) mass is 316 g/mol. The predicted octanol–water partition coefficient (Wildman–Crippen LogP) is 3.82. The molecule has 0 spiro atoms. The lowest BCUT2D eigenvalue weighted by atomic mass is 10.1.